The molecule has 0 radical (unpaired) electrons. The number of ether oxygens (including phenoxy) is 2. The Morgan fingerprint density at radius 1 is 0.911 bits per heavy atom. The molecule has 1 unspecified atom stereocenters. The Morgan fingerprint density at radius 2 is 1.52 bits per heavy atom. The van der Waals surface area contributed by atoms with Crippen LogP contribution in [0.3, 0.4) is 0 Å². The molecule has 0 aliphatic heterocycles. The zero-order chi connectivity index (χ0) is 40.3. The standard InChI is InChI=1S/C43H51ClN4O7Si/c1-42(2,3)56(8,9)55-43-29(34(48(6)7)37-33(39(43)51)41(46-54-37)53-24-26-18-14-11-15-19-26)21-27-20-28-32(35(49)31(27)38(43)50)36(30(22-47(4)5)45-40(28)44)52-23-25-16-12-10-13-17-25/h10-19,27,29,31,34H,20-24H2,1-9H3/t27-,29-,31?,34-,43-/m0/s1. The number of fused-ring (bicyclic) bond motifs is 4. The number of carbonyl (C=O) groups excluding carboxylic acids is 3. The molecule has 2 aromatic carbocycles. The molecule has 3 aliphatic carbocycles. The number of hydrogen-bond acceptors (Lipinski definition) is 11. The Kier molecular flexibility index (Phi) is 10.7. The van der Waals surface area contributed by atoms with Crippen molar-refractivity contribution in [1.82, 2.24) is 19.9 Å². The summed E-state index contributed by atoms with van der Waals surface area (Å²) in [5.74, 6) is -3.33. The lowest BCUT2D eigenvalue weighted by atomic mass is 9.54. The topological polar surface area (TPSA) is 124 Å². The largest absolute Gasteiger partial charge is 0.486 e. The van der Waals surface area contributed by atoms with Crippen LogP contribution in [-0.2, 0) is 35.4 Å². The highest BCUT2D eigenvalue weighted by Crippen LogP contribution is 2.59. The maximum atomic E-state index is 15.8. The predicted octanol–water partition coefficient (Wildman–Crippen LogP) is 7.76. The molecule has 0 N–H and O–H groups in total. The first kappa shape index (κ1) is 40.0. The number of pyridine rings is 1. The van der Waals surface area contributed by atoms with E-state index in [1.807, 2.05) is 112 Å². The van der Waals surface area contributed by atoms with Gasteiger partial charge in [0.15, 0.2) is 37.0 Å². The number of aromatic nitrogens is 2. The molecule has 1 fully saturated rings. The van der Waals surface area contributed by atoms with Crippen molar-refractivity contribution in [3.8, 4) is 11.6 Å². The third-order valence-corrected chi connectivity index (χ3v) is 16.8. The molecule has 56 heavy (non-hydrogen) atoms. The zero-order valence-corrected chi connectivity index (χ0v) is 35.4. The molecule has 2 heterocycles. The van der Waals surface area contributed by atoms with Crippen LogP contribution >= 0.6 is 11.6 Å². The van der Waals surface area contributed by atoms with E-state index in [4.69, 9.17) is 35.0 Å². The van der Waals surface area contributed by atoms with Crippen LogP contribution in [0.2, 0.25) is 23.3 Å². The van der Waals surface area contributed by atoms with Gasteiger partial charge >= 0.3 is 0 Å². The van der Waals surface area contributed by atoms with Crippen LogP contribution in [0, 0.1) is 17.8 Å². The van der Waals surface area contributed by atoms with Crippen LogP contribution in [0.4, 0.5) is 0 Å². The van der Waals surface area contributed by atoms with Crippen molar-refractivity contribution in [2.45, 2.75) is 83.1 Å². The Labute approximate surface area is 334 Å². The lowest BCUT2D eigenvalue weighted by molar-refractivity contribution is -0.151. The van der Waals surface area contributed by atoms with Gasteiger partial charge in [-0.3, -0.25) is 19.3 Å². The molecule has 0 bridgehead atoms. The van der Waals surface area contributed by atoms with Gasteiger partial charge in [-0.1, -0.05) is 93.0 Å². The second kappa shape index (κ2) is 14.9. The molecule has 0 amide bonds. The lowest BCUT2D eigenvalue weighted by Crippen LogP contribution is -2.70. The van der Waals surface area contributed by atoms with Crippen molar-refractivity contribution in [1.29, 1.82) is 0 Å². The minimum Gasteiger partial charge on any atom is -0.486 e. The van der Waals surface area contributed by atoms with E-state index < -0.39 is 55.1 Å². The lowest BCUT2D eigenvalue weighted by Gasteiger charge is -2.56. The van der Waals surface area contributed by atoms with Crippen molar-refractivity contribution < 1.29 is 32.8 Å². The van der Waals surface area contributed by atoms with Gasteiger partial charge < -0.3 is 23.3 Å². The second-order valence-electron chi connectivity index (χ2n) is 17.4. The molecule has 0 spiro atoms. The summed E-state index contributed by atoms with van der Waals surface area (Å²) in [7, 11) is 4.64. The van der Waals surface area contributed by atoms with E-state index in [0.29, 0.717) is 42.2 Å². The minimum atomic E-state index is -2.92. The molecule has 0 saturated heterocycles. The highest BCUT2D eigenvalue weighted by molar-refractivity contribution is 6.74. The van der Waals surface area contributed by atoms with Gasteiger partial charge in [-0.05, 0) is 81.4 Å². The predicted molar refractivity (Wildman–Crippen MR) is 215 cm³/mol. The van der Waals surface area contributed by atoms with Crippen molar-refractivity contribution >= 4 is 37.3 Å². The highest BCUT2D eigenvalue weighted by Gasteiger charge is 2.70. The van der Waals surface area contributed by atoms with Crippen molar-refractivity contribution in [3.63, 3.8) is 0 Å². The van der Waals surface area contributed by atoms with E-state index in [1.165, 1.54) is 0 Å². The molecule has 3 aliphatic rings. The highest BCUT2D eigenvalue weighted by atomic mass is 35.5. The average Bonchev–Trinajstić information content (AvgIpc) is 3.55. The number of ketones is 3. The van der Waals surface area contributed by atoms with Gasteiger partial charge in [0.2, 0.25) is 5.78 Å². The first-order valence-corrected chi connectivity index (χ1v) is 22.4. The van der Waals surface area contributed by atoms with E-state index >= 15 is 14.4 Å². The fraction of sp³-hybridized carbons (Fsp3) is 0.465. The minimum absolute atomic E-state index is 0.00428. The average molecular weight is 799 g/mol. The summed E-state index contributed by atoms with van der Waals surface area (Å²) < 4.78 is 25.9. The fourth-order valence-electron chi connectivity index (χ4n) is 8.41. The summed E-state index contributed by atoms with van der Waals surface area (Å²) >= 11 is 6.96. The summed E-state index contributed by atoms with van der Waals surface area (Å²) in [6.45, 7) is 10.9. The number of Topliss-reactive ketones (excluding diaryl/α,β-unsaturated/α-hetero) is 3. The summed E-state index contributed by atoms with van der Waals surface area (Å²) in [6.07, 6.45) is 0.601. The van der Waals surface area contributed by atoms with E-state index in [2.05, 4.69) is 25.9 Å². The first-order chi connectivity index (χ1) is 26.5. The quantitative estimate of drug-likeness (QED) is 0.0840. The molecule has 11 nitrogen and oxygen atoms in total. The van der Waals surface area contributed by atoms with E-state index in [-0.39, 0.29) is 40.4 Å². The second-order valence-corrected chi connectivity index (χ2v) is 22.5. The molecule has 5 atom stereocenters. The number of nitrogens with zero attached hydrogens (tertiary/aromatic N) is 4. The summed E-state index contributed by atoms with van der Waals surface area (Å²) in [5, 5.41) is 4.10. The van der Waals surface area contributed by atoms with Gasteiger partial charge in [0.05, 0.1) is 23.2 Å². The van der Waals surface area contributed by atoms with E-state index in [9.17, 15) is 0 Å². The van der Waals surface area contributed by atoms with E-state index in [0.717, 1.165) is 11.1 Å². The molecule has 4 aromatic rings. The van der Waals surface area contributed by atoms with Gasteiger partial charge in [0.25, 0.3) is 5.88 Å². The van der Waals surface area contributed by atoms with E-state index in [1.54, 1.807) is 0 Å². The van der Waals surface area contributed by atoms with Gasteiger partial charge in [0.1, 0.15) is 23.9 Å². The van der Waals surface area contributed by atoms with Crippen molar-refractivity contribution in [2.75, 3.05) is 28.2 Å². The van der Waals surface area contributed by atoms with Crippen LogP contribution in [0.5, 0.6) is 11.6 Å². The summed E-state index contributed by atoms with van der Waals surface area (Å²) in [5.41, 5.74) is 1.13. The number of rotatable bonds is 11. The van der Waals surface area contributed by atoms with Gasteiger partial charge in [-0.25, -0.2) is 4.98 Å². The Balaban J connectivity index is 1.39. The Morgan fingerprint density at radius 3 is 2.09 bits per heavy atom. The SMILES string of the molecule is CN(C)Cc1nc(Cl)c2c(c1OCc1ccccc1)C(=O)C1C(=O)[C@]3(O[Si](C)(C)C(C)(C)C)C(=O)c4c(OCc5ccccc5)noc4[C@@H](N(C)C)[C@@H]3C[C@@H]1C2. The van der Waals surface area contributed by atoms with Gasteiger partial charge in [0, 0.05) is 18.0 Å². The Bertz CT molecular complexity index is 2150. The van der Waals surface area contributed by atoms with Gasteiger partial charge in [-0.2, -0.15) is 0 Å². The zero-order valence-electron chi connectivity index (χ0n) is 33.6. The molecule has 296 valence electrons. The number of carbonyl (C=O) groups is 3. The molecular formula is C43H51ClN4O7Si. The fourth-order valence-corrected chi connectivity index (χ4v) is 10.1. The van der Waals surface area contributed by atoms with Crippen LogP contribution in [-0.4, -0.2) is 79.4 Å². The number of halogens is 1. The third kappa shape index (κ3) is 6.83. The van der Waals surface area contributed by atoms with Crippen LogP contribution < -0.4 is 9.47 Å². The summed E-state index contributed by atoms with van der Waals surface area (Å²) in [4.78, 5) is 55.3. The molecule has 7 rings (SSSR count). The smallest absolute Gasteiger partial charge is 0.265 e. The normalized spacial score (nSPS) is 23.5. The van der Waals surface area contributed by atoms with Crippen molar-refractivity contribution in [3.05, 3.63) is 105 Å². The van der Waals surface area contributed by atoms with Crippen LogP contribution in [0.1, 0.15) is 82.1 Å². The first-order valence-electron chi connectivity index (χ1n) is 19.1. The molecule has 1 saturated carbocycles. The number of benzene rings is 2. The summed E-state index contributed by atoms with van der Waals surface area (Å²) in [6, 6.07) is 18.6. The maximum absolute atomic E-state index is 15.8. The molecule has 2 aromatic heterocycles. The monoisotopic (exact) mass is 798 g/mol. The van der Waals surface area contributed by atoms with Crippen LogP contribution in [0.15, 0.2) is 65.2 Å². The van der Waals surface area contributed by atoms with Gasteiger partial charge in [-0.15, -0.1) is 0 Å². The maximum Gasteiger partial charge on any atom is 0.265 e. The molecule has 13 heteroatoms. The van der Waals surface area contributed by atoms with Crippen LogP contribution in [0.25, 0.3) is 0 Å². The number of hydrogen-bond donors (Lipinski definition) is 0. The molecular weight excluding hydrogens is 748 g/mol. The third-order valence-electron chi connectivity index (χ3n) is 12.1. The van der Waals surface area contributed by atoms with Crippen molar-refractivity contribution in [2.24, 2.45) is 17.8 Å². The Hall–Kier alpha value is -4.20.